The molecule has 0 radical (unpaired) electrons. The summed E-state index contributed by atoms with van der Waals surface area (Å²) in [6.45, 7) is 4.25. The number of fused-ring (bicyclic) bond motifs is 1. The predicted molar refractivity (Wildman–Crippen MR) is 109 cm³/mol. The Hall–Kier alpha value is -3.07. The Balaban J connectivity index is 1.87. The number of halogens is 2. The second-order valence-corrected chi connectivity index (χ2v) is 7.51. The molecule has 152 valence electrons. The molecule has 0 saturated carbocycles. The zero-order valence-corrected chi connectivity index (χ0v) is 16.2. The number of hydrogen-bond acceptors (Lipinski definition) is 6. The largest absolute Gasteiger partial charge is 0.399 e. The molecule has 1 saturated heterocycles. The van der Waals surface area contributed by atoms with Gasteiger partial charge in [0.1, 0.15) is 5.82 Å². The minimum Gasteiger partial charge on any atom is -0.399 e. The number of nitrogens with two attached hydrogens (primary N) is 1. The summed E-state index contributed by atoms with van der Waals surface area (Å²) in [6.07, 6.45) is 1.51. The van der Waals surface area contributed by atoms with E-state index < -0.39 is 5.92 Å². The maximum absolute atomic E-state index is 13.9. The van der Waals surface area contributed by atoms with Crippen molar-refractivity contribution in [1.82, 2.24) is 20.1 Å². The summed E-state index contributed by atoms with van der Waals surface area (Å²) < 4.78 is 27.8. The average molecular weight is 400 g/mol. The number of benzene rings is 1. The van der Waals surface area contributed by atoms with Crippen molar-refractivity contribution < 1.29 is 8.78 Å². The molecule has 3 aromatic rings. The fourth-order valence-electron chi connectivity index (χ4n) is 3.52. The lowest BCUT2D eigenvalue weighted by molar-refractivity contribution is 0.0176. The number of nitrogens with zero attached hydrogens (tertiary/aromatic N) is 4. The lowest BCUT2D eigenvalue weighted by atomic mass is 10.0. The number of nitrogen functional groups attached to an aromatic ring is 1. The van der Waals surface area contributed by atoms with E-state index in [2.05, 4.69) is 32.0 Å². The van der Waals surface area contributed by atoms with E-state index in [9.17, 15) is 13.6 Å². The maximum atomic E-state index is 13.9. The van der Waals surface area contributed by atoms with Gasteiger partial charge in [-0.1, -0.05) is 0 Å². The lowest BCUT2D eigenvalue weighted by Gasteiger charge is -2.33. The van der Waals surface area contributed by atoms with Crippen LogP contribution >= 0.6 is 0 Å². The molecule has 1 aromatic carbocycles. The molecule has 4 rings (SSSR count). The van der Waals surface area contributed by atoms with E-state index in [1.54, 1.807) is 12.1 Å². The fraction of sp³-hybridized carbons (Fsp3) is 0.350. The fourth-order valence-corrected chi connectivity index (χ4v) is 3.52. The molecule has 0 atom stereocenters. The van der Waals surface area contributed by atoms with Crippen molar-refractivity contribution in [2.24, 2.45) is 0 Å². The zero-order valence-electron chi connectivity index (χ0n) is 16.2. The quantitative estimate of drug-likeness (QED) is 0.657. The number of anilines is 2. The molecular weight excluding hydrogens is 378 g/mol. The van der Waals surface area contributed by atoms with Gasteiger partial charge in [-0.15, -0.1) is 0 Å². The van der Waals surface area contributed by atoms with E-state index >= 15 is 0 Å². The standard InChI is InChI=1S/C20H22F2N6O/c1-20(21,22)13-7-12(8-14(23)9-13)18-15-10-17(28-5-3-27(2)4-6-28)24-11-16(15)19(29)26-25-18/h7-11H,3-6,23H2,1-2H3,(H,26,29). The molecule has 3 N–H and O–H groups in total. The van der Waals surface area contributed by atoms with Gasteiger partial charge in [-0.05, 0) is 31.3 Å². The Morgan fingerprint density at radius 3 is 2.52 bits per heavy atom. The van der Waals surface area contributed by atoms with Crippen LogP contribution in [-0.2, 0) is 5.92 Å². The Morgan fingerprint density at radius 2 is 1.83 bits per heavy atom. The zero-order chi connectivity index (χ0) is 20.8. The molecule has 2 aromatic heterocycles. The van der Waals surface area contributed by atoms with Gasteiger partial charge >= 0.3 is 0 Å². The van der Waals surface area contributed by atoms with Gasteiger partial charge in [-0.25, -0.2) is 18.9 Å². The highest BCUT2D eigenvalue weighted by Gasteiger charge is 2.26. The molecule has 0 bridgehead atoms. The van der Waals surface area contributed by atoms with E-state index in [1.807, 2.05) is 0 Å². The third-order valence-corrected chi connectivity index (χ3v) is 5.22. The highest BCUT2D eigenvalue weighted by Crippen LogP contribution is 2.34. The molecule has 1 aliphatic heterocycles. The van der Waals surface area contributed by atoms with Crippen molar-refractivity contribution >= 4 is 22.3 Å². The number of alkyl halides is 2. The van der Waals surface area contributed by atoms with Crippen molar-refractivity contribution in [1.29, 1.82) is 0 Å². The number of H-pyrrole nitrogens is 1. The van der Waals surface area contributed by atoms with E-state index in [1.165, 1.54) is 18.3 Å². The van der Waals surface area contributed by atoms with E-state index in [0.29, 0.717) is 22.0 Å². The second-order valence-electron chi connectivity index (χ2n) is 7.51. The van der Waals surface area contributed by atoms with Gasteiger partial charge in [0, 0.05) is 61.5 Å². The summed E-state index contributed by atoms with van der Waals surface area (Å²) >= 11 is 0. The number of nitrogens with one attached hydrogen (secondary N) is 1. The van der Waals surface area contributed by atoms with Crippen LogP contribution in [0.3, 0.4) is 0 Å². The van der Waals surface area contributed by atoms with Crippen LogP contribution < -0.4 is 16.2 Å². The summed E-state index contributed by atoms with van der Waals surface area (Å²) in [5, 5.41) is 7.47. The first-order valence-electron chi connectivity index (χ1n) is 9.33. The van der Waals surface area contributed by atoms with Crippen LogP contribution in [0.5, 0.6) is 0 Å². The van der Waals surface area contributed by atoms with Gasteiger partial charge in [0.2, 0.25) is 0 Å². The number of pyridine rings is 1. The lowest BCUT2D eigenvalue weighted by Crippen LogP contribution is -2.44. The van der Waals surface area contributed by atoms with E-state index in [0.717, 1.165) is 38.9 Å². The molecule has 7 nitrogen and oxygen atoms in total. The molecule has 0 aliphatic carbocycles. The van der Waals surface area contributed by atoms with E-state index in [4.69, 9.17) is 5.73 Å². The number of aromatic nitrogens is 3. The molecule has 3 heterocycles. The second kappa shape index (κ2) is 7.07. The molecule has 1 aliphatic rings. The number of rotatable bonds is 3. The Morgan fingerprint density at radius 1 is 1.10 bits per heavy atom. The van der Waals surface area contributed by atoms with Crippen molar-refractivity contribution in [2.75, 3.05) is 43.9 Å². The molecule has 29 heavy (non-hydrogen) atoms. The predicted octanol–water partition coefficient (Wildman–Crippen LogP) is 2.43. The Bertz CT molecular complexity index is 1120. The minimum absolute atomic E-state index is 0.202. The molecule has 0 spiro atoms. The average Bonchev–Trinajstić information content (AvgIpc) is 2.67. The molecule has 0 amide bonds. The highest BCUT2D eigenvalue weighted by molar-refractivity contribution is 5.95. The third-order valence-electron chi connectivity index (χ3n) is 5.22. The van der Waals surface area contributed by atoms with Crippen LogP contribution in [-0.4, -0.2) is 53.3 Å². The Labute approximate surface area is 166 Å². The van der Waals surface area contributed by atoms with Gasteiger partial charge in [-0.2, -0.15) is 5.10 Å². The summed E-state index contributed by atoms with van der Waals surface area (Å²) in [7, 11) is 2.06. The van der Waals surface area contributed by atoms with Crippen molar-refractivity contribution in [3.05, 3.63) is 46.4 Å². The maximum Gasteiger partial charge on any atom is 0.273 e. The number of hydrogen-bond donors (Lipinski definition) is 2. The van der Waals surface area contributed by atoms with Gasteiger partial charge in [0.15, 0.2) is 0 Å². The van der Waals surface area contributed by atoms with Gasteiger partial charge in [0.05, 0.1) is 11.1 Å². The molecule has 0 unspecified atom stereocenters. The van der Waals surface area contributed by atoms with Crippen molar-refractivity contribution in [3.8, 4) is 11.3 Å². The normalized spacial score (nSPS) is 15.8. The minimum atomic E-state index is -3.05. The number of likely N-dealkylation sites (N-methyl/N-ethyl adjacent to an activating group) is 1. The first-order chi connectivity index (χ1) is 13.7. The van der Waals surface area contributed by atoms with Crippen LogP contribution in [0.2, 0.25) is 0 Å². The van der Waals surface area contributed by atoms with Crippen molar-refractivity contribution in [3.63, 3.8) is 0 Å². The van der Waals surface area contributed by atoms with E-state index in [-0.39, 0.29) is 16.8 Å². The van der Waals surface area contributed by atoms with Gasteiger partial charge in [0.25, 0.3) is 11.5 Å². The summed E-state index contributed by atoms with van der Waals surface area (Å²) in [5.41, 5.74) is 6.28. The summed E-state index contributed by atoms with van der Waals surface area (Å²) in [5.74, 6) is -2.32. The highest BCUT2D eigenvalue weighted by atomic mass is 19.3. The smallest absolute Gasteiger partial charge is 0.273 e. The molecule has 1 fully saturated rings. The monoisotopic (exact) mass is 400 g/mol. The van der Waals surface area contributed by atoms with Crippen LogP contribution in [0, 0.1) is 0 Å². The van der Waals surface area contributed by atoms with Gasteiger partial charge < -0.3 is 15.5 Å². The van der Waals surface area contributed by atoms with Crippen LogP contribution in [0.4, 0.5) is 20.3 Å². The SMILES string of the molecule is CN1CCN(c2cc3c(-c4cc(N)cc(C(C)(F)F)c4)n[nH]c(=O)c3cn2)CC1. The summed E-state index contributed by atoms with van der Waals surface area (Å²) in [6, 6.07) is 5.97. The first kappa shape index (κ1) is 19.3. The third kappa shape index (κ3) is 3.77. The first-order valence-corrected chi connectivity index (χ1v) is 9.33. The molecular formula is C20H22F2N6O. The van der Waals surface area contributed by atoms with Crippen LogP contribution in [0.1, 0.15) is 12.5 Å². The number of piperazine rings is 1. The number of aromatic amines is 1. The van der Waals surface area contributed by atoms with Crippen LogP contribution in [0.25, 0.3) is 22.0 Å². The van der Waals surface area contributed by atoms with Gasteiger partial charge in [-0.3, -0.25) is 4.79 Å². The summed E-state index contributed by atoms with van der Waals surface area (Å²) in [4.78, 5) is 21.1. The van der Waals surface area contributed by atoms with Crippen LogP contribution in [0.15, 0.2) is 35.3 Å². The molecule has 9 heteroatoms. The van der Waals surface area contributed by atoms with Crippen molar-refractivity contribution in [2.45, 2.75) is 12.8 Å². The Kier molecular flexibility index (Phi) is 4.70. The topological polar surface area (TPSA) is 91.1 Å².